The molecule has 3 fully saturated rings. The molecular formula is C26H33ClF2N6O4. The second kappa shape index (κ2) is 9.43. The molecule has 6 rings (SSSR count). The van der Waals surface area contributed by atoms with E-state index in [1.807, 2.05) is 44.5 Å². The molecule has 0 aromatic carbocycles. The molecule has 39 heavy (non-hydrogen) atoms. The summed E-state index contributed by atoms with van der Waals surface area (Å²) in [5.41, 5.74) is -0.684. The lowest BCUT2D eigenvalue weighted by Gasteiger charge is -2.48. The number of anilines is 1. The SMILES string of the molecule is C[C@@H]1Oc2nc(Cl)c(F)c3nc(OC[C@@H]4C[C@@H](F)CN4C)nc(c23)N2C[C@H]3CC[C@@H]([C@@H]12)N3C(=O)OC(C)(C)C. The largest absolute Gasteiger partial charge is 0.472 e. The van der Waals surface area contributed by atoms with Gasteiger partial charge in [0.05, 0.1) is 18.1 Å². The average Bonchev–Trinajstić information content (AvgIpc) is 3.30. The average molecular weight is 567 g/mol. The molecule has 6 heterocycles. The van der Waals surface area contributed by atoms with Crippen LogP contribution in [0.1, 0.15) is 47.0 Å². The molecule has 13 heteroatoms. The lowest BCUT2D eigenvalue weighted by molar-refractivity contribution is 0.000937. The van der Waals surface area contributed by atoms with Crippen molar-refractivity contribution in [2.75, 3.05) is 31.6 Å². The molecule has 3 saturated heterocycles. The van der Waals surface area contributed by atoms with Crippen LogP contribution in [0.4, 0.5) is 19.4 Å². The Kier molecular flexibility index (Phi) is 6.41. The number of alkyl halides is 1. The van der Waals surface area contributed by atoms with Gasteiger partial charge in [-0.3, -0.25) is 9.80 Å². The molecule has 10 nitrogen and oxygen atoms in total. The summed E-state index contributed by atoms with van der Waals surface area (Å²) >= 11 is 6.16. The number of carbonyl (C=O) groups excluding carboxylic acids is 1. The van der Waals surface area contributed by atoms with E-state index >= 15 is 4.39 Å². The minimum atomic E-state index is -0.924. The summed E-state index contributed by atoms with van der Waals surface area (Å²) in [7, 11) is 1.84. The van der Waals surface area contributed by atoms with E-state index in [1.54, 1.807) is 0 Å². The number of likely N-dealkylation sites (tertiary alicyclic amines) is 1. The summed E-state index contributed by atoms with van der Waals surface area (Å²) in [6, 6.07) is -0.833. The maximum atomic E-state index is 15.4. The zero-order valence-corrected chi connectivity index (χ0v) is 23.4. The van der Waals surface area contributed by atoms with Crippen LogP contribution in [-0.4, -0.2) is 99.6 Å². The first-order valence-corrected chi connectivity index (χ1v) is 13.8. The minimum Gasteiger partial charge on any atom is -0.472 e. The van der Waals surface area contributed by atoms with E-state index in [0.29, 0.717) is 30.7 Å². The van der Waals surface area contributed by atoms with Gasteiger partial charge in [-0.1, -0.05) is 11.6 Å². The third kappa shape index (κ3) is 4.59. The molecular weight excluding hydrogens is 534 g/mol. The van der Waals surface area contributed by atoms with E-state index in [0.717, 1.165) is 12.8 Å². The molecule has 4 aliphatic rings. The lowest BCUT2D eigenvalue weighted by atomic mass is 9.98. The van der Waals surface area contributed by atoms with Crippen LogP contribution >= 0.6 is 11.6 Å². The van der Waals surface area contributed by atoms with Crippen LogP contribution in [0.3, 0.4) is 0 Å². The number of aromatic nitrogens is 3. The van der Waals surface area contributed by atoms with Crippen LogP contribution < -0.4 is 14.4 Å². The van der Waals surface area contributed by atoms with E-state index in [2.05, 4.69) is 14.9 Å². The highest BCUT2D eigenvalue weighted by Crippen LogP contribution is 2.46. The van der Waals surface area contributed by atoms with Gasteiger partial charge in [-0.05, 0) is 54.0 Å². The molecule has 1 amide bonds. The van der Waals surface area contributed by atoms with Crippen molar-refractivity contribution < 1.29 is 27.8 Å². The number of hydrogen-bond donors (Lipinski definition) is 0. The lowest BCUT2D eigenvalue weighted by Crippen LogP contribution is -2.65. The summed E-state index contributed by atoms with van der Waals surface area (Å²) in [5.74, 6) is -0.238. The van der Waals surface area contributed by atoms with Gasteiger partial charge in [-0.15, -0.1) is 0 Å². The van der Waals surface area contributed by atoms with Crippen LogP contribution in [-0.2, 0) is 4.74 Å². The van der Waals surface area contributed by atoms with Crippen LogP contribution in [0.25, 0.3) is 10.9 Å². The van der Waals surface area contributed by atoms with E-state index in [1.165, 1.54) is 0 Å². The first kappa shape index (κ1) is 26.5. The molecule has 2 aromatic rings. The number of amides is 1. The zero-order chi connectivity index (χ0) is 27.8. The van der Waals surface area contributed by atoms with Gasteiger partial charge < -0.3 is 19.1 Å². The highest BCUT2D eigenvalue weighted by molar-refractivity contribution is 6.30. The second-order valence-electron chi connectivity index (χ2n) is 12.0. The standard InChI is InChI=1S/C26H33ClF2N6O4/c1-12-20-16-7-6-14(35(16)25(36)39-26(2,3)4)10-34(20)22-17-19(18(29)21(27)31-23(17)38-12)30-24(32-22)37-11-15-8-13(28)9-33(15)5/h12-16,20H,6-11H2,1-5H3/t12-,13+,14+,15-,16-,20+/m0/s1. The fourth-order valence-corrected chi connectivity index (χ4v) is 6.60. The van der Waals surface area contributed by atoms with Gasteiger partial charge in [0.15, 0.2) is 11.0 Å². The number of nitrogens with zero attached hydrogens (tertiary/aromatic N) is 6. The molecule has 2 aromatic heterocycles. The predicted octanol–water partition coefficient (Wildman–Crippen LogP) is 3.98. The van der Waals surface area contributed by atoms with Crippen molar-refractivity contribution in [1.82, 2.24) is 24.8 Å². The Bertz CT molecular complexity index is 1310. The van der Waals surface area contributed by atoms with E-state index in [4.69, 9.17) is 30.8 Å². The molecule has 212 valence electrons. The Balaban J connectivity index is 1.40. The van der Waals surface area contributed by atoms with E-state index < -0.39 is 23.7 Å². The Morgan fingerprint density at radius 1 is 1.21 bits per heavy atom. The number of piperazine rings is 1. The summed E-state index contributed by atoms with van der Waals surface area (Å²) in [4.78, 5) is 32.3. The normalized spacial score (nSPS) is 30.3. The van der Waals surface area contributed by atoms with Gasteiger partial charge in [0, 0.05) is 19.1 Å². The quantitative estimate of drug-likeness (QED) is 0.511. The fourth-order valence-electron chi connectivity index (χ4n) is 6.43. The summed E-state index contributed by atoms with van der Waals surface area (Å²) in [6.07, 6.45) is 0.164. The summed E-state index contributed by atoms with van der Waals surface area (Å²) < 4.78 is 47.2. The second-order valence-corrected chi connectivity index (χ2v) is 12.3. The van der Waals surface area contributed by atoms with Crippen molar-refractivity contribution in [2.45, 2.75) is 89.0 Å². The maximum absolute atomic E-state index is 15.4. The van der Waals surface area contributed by atoms with Gasteiger partial charge in [0.1, 0.15) is 41.2 Å². The molecule has 4 aliphatic heterocycles. The van der Waals surface area contributed by atoms with Crippen LogP contribution in [0, 0.1) is 5.82 Å². The smallest absolute Gasteiger partial charge is 0.410 e. The zero-order valence-electron chi connectivity index (χ0n) is 22.7. The molecule has 6 atom stereocenters. The predicted molar refractivity (Wildman–Crippen MR) is 140 cm³/mol. The minimum absolute atomic E-state index is 0.0319. The van der Waals surface area contributed by atoms with Crippen molar-refractivity contribution in [3.8, 4) is 11.9 Å². The number of ether oxygens (including phenoxy) is 3. The fraction of sp³-hybridized carbons (Fsp3) is 0.692. The maximum Gasteiger partial charge on any atom is 0.410 e. The number of halogens is 3. The molecule has 0 saturated carbocycles. The van der Waals surface area contributed by atoms with Gasteiger partial charge in [0.25, 0.3) is 0 Å². The van der Waals surface area contributed by atoms with Crippen LogP contribution in [0.15, 0.2) is 0 Å². The molecule has 0 aliphatic carbocycles. The molecule has 0 unspecified atom stereocenters. The van der Waals surface area contributed by atoms with Crippen molar-refractivity contribution >= 4 is 34.4 Å². The molecule has 2 bridgehead atoms. The summed E-state index contributed by atoms with van der Waals surface area (Å²) in [5, 5.41) is -0.0570. The number of likely N-dealkylation sites (N-methyl/N-ethyl adjacent to an activating group) is 1. The number of hydrogen-bond acceptors (Lipinski definition) is 9. The number of carbonyl (C=O) groups is 1. The topological polar surface area (TPSA) is 93.2 Å². The Hall–Kier alpha value is -2.73. The third-order valence-corrected chi connectivity index (χ3v) is 8.33. The number of pyridine rings is 1. The number of fused-ring (bicyclic) bond motifs is 5. The number of rotatable bonds is 3. The first-order chi connectivity index (χ1) is 18.4. The van der Waals surface area contributed by atoms with E-state index in [-0.39, 0.29) is 59.4 Å². The molecule has 0 spiro atoms. The van der Waals surface area contributed by atoms with Crippen LogP contribution in [0.5, 0.6) is 11.9 Å². The van der Waals surface area contributed by atoms with Crippen molar-refractivity contribution in [3.05, 3.63) is 11.0 Å². The molecule has 0 radical (unpaired) electrons. The van der Waals surface area contributed by atoms with Crippen molar-refractivity contribution in [2.24, 2.45) is 0 Å². The van der Waals surface area contributed by atoms with Gasteiger partial charge in [-0.2, -0.15) is 15.0 Å². The Labute approximate surface area is 230 Å². The van der Waals surface area contributed by atoms with Gasteiger partial charge in [0.2, 0.25) is 5.88 Å². The highest BCUT2D eigenvalue weighted by Gasteiger charge is 2.53. The van der Waals surface area contributed by atoms with Crippen molar-refractivity contribution in [3.63, 3.8) is 0 Å². The first-order valence-electron chi connectivity index (χ1n) is 13.4. The van der Waals surface area contributed by atoms with E-state index in [9.17, 15) is 9.18 Å². The van der Waals surface area contributed by atoms with Crippen molar-refractivity contribution in [1.29, 1.82) is 0 Å². The monoisotopic (exact) mass is 566 g/mol. The highest BCUT2D eigenvalue weighted by atomic mass is 35.5. The summed E-state index contributed by atoms with van der Waals surface area (Å²) in [6.45, 7) is 8.36. The molecule has 0 N–H and O–H groups in total. The Morgan fingerprint density at radius 3 is 2.67 bits per heavy atom. The van der Waals surface area contributed by atoms with Gasteiger partial charge >= 0.3 is 12.1 Å². The third-order valence-electron chi connectivity index (χ3n) is 8.08. The van der Waals surface area contributed by atoms with Crippen LogP contribution in [0.2, 0.25) is 5.15 Å². The van der Waals surface area contributed by atoms with Gasteiger partial charge in [-0.25, -0.2) is 13.6 Å². The Morgan fingerprint density at radius 2 is 1.97 bits per heavy atom.